The number of hydrogen-bond donors (Lipinski definition) is 2. The zero-order chi connectivity index (χ0) is 14.0. The zero-order valence-electron chi connectivity index (χ0n) is 11.1. The molecule has 0 aromatic heterocycles. The Bertz CT molecular complexity index is 242. The topological polar surface area (TPSA) is 45.7 Å². The molecule has 0 saturated heterocycles. The molecule has 2 N–H and O–H groups in total. The summed E-state index contributed by atoms with van der Waals surface area (Å²) in [5, 5.41) is 6.10. The van der Waals surface area contributed by atoms with Gasteiger partial charge in [-0.15, -0.1) is 0 Å². The van der Waals surface area contributed by atoms with Crippen molar-refractivity contribution < 1.29 is 17.9 Å². The first-order valence-electron chi connectivity index (χ1n) is 5.94. The van der Waals surface area contributed by atoms with Crippen molar-refractivity contribution in [2.24, 2.45) is 10.9 Å². The second kappa shape index (κ2) is 9.02. The van der Waals surface area contributed by atoms with Gasteiger partial charge < -0.3 is 15.4 Å². The van der Waals surface area contributed by atoms with E-state index in [-0.39, 0.29) is 6.61 Å². The lowest BCUT2D eigenvalue weighted by Gasteiger charge is -2.13. The number of alkyl halides is 3. The minimum Gasteiger partial charge on any atom is -0.372 e. The highest BCUT2D eigenvalue weighted by molar-refractivity contribution is 5.79. The normalized spacial score (nSPS) is 12.9. The van der Waals surface area contributed by atoms with Crippen molar-refractivity contribution in [1.82, 2.24) is 10.6 Å². The first kappa shape index (κ1) is 17.0. The van der Waals surface area contributed by atoms with E-state index in [1.165, 1.54) is 0 Å². The summed E-state index contributed by atoms with van der Waals surface area (Å²) in [6.07, 6.45) is -3.75. The van der Waals surface area contributed by atoms with Crippen molar-refractivity contribution in [2.75, 3.05) is 33.4 Å². The monoisotopic (exact) mass is 269 g/mol. The molecule has 0 saturated carbocycles. The minimum atomic E-state index is -4.25. The Morgan fingerprint density at radius 3 is 2.44 bits per heavy atom. The summed E-state index contributed by atoms with van der Waals surface area (Å²) in [4.78, 5) is 3.99. The lowest BCUT2D eigenvalue weighted by atomic mass is 10.2. The smallest absolute Gasteiger partial charge is 0.372 e. The maximum absolute atomic E-state index is 11.8. The molecule has 0 bridgehead atoms. The Hall–Kier alpha value is -0.980. The third-order valence-corrected chi connectivity index (χ3v) is 1.92. The molecule has 0 atom stereocenters. The number of ether oxygens (including phenoxy) is 1. The van der Waals surface area contributed by atoms with E-state index in [1.807, 2.05) is 0 Å². The maximum atomic E-state index is 11.8. The molecule has 0 radical (unpaired) electrons. The van der Waals surface area contributed by atoms with E-state index >= 15 is 0 Å². The molecule has 0 aromatic rings. The third-order valence-electron chi connectivity index (χ3n) is 1.92. The number of halogens is 3. The largest absolute Gasteiger partial charge is 0.411 e. The molecule has 0 aliphatic carbocycles. The van der Waals surface area contributed by atoms with E-state index < -0.39 is 12.8 Å². The number of nitrogens with one attached hydrogen (secondary N) is 2. The van der Waals surface area contributed by atoms with Crippen LogP contribution >= 0.6 is 0 Å². The Balaban J connectivity index is 3.52. The Labute approximate surface area is 106 Å². The van der Waals surface area contributed by atoms with Crippen LogP contribution in [0.15, 0.2) is 4.99 Å². The van der Waals surface area contributed by atoms with Crippen LogP contribution in [-0.4, -0.2) is 45.5 Å². The highest BCUT2D eigenvalue weighted by Crippen LogP contribution is 2.14. The predicted octanol–water partition coefficient (Wildman–Crippen LogP) is 1.78. The van der Waals surface area contributed by atoms with E-state index in [0.717, 1.165) is 6.54 Å². The van der Waals surface area contributed by atoms with Gasteiger partial charge in [0.15, 0.2) is 5.96 Å². The van der Waals surface area contributed by atoms with Gasteiger partial charge in [0.2, 0.25) is 0 Å². The van der Waals surface area contributed by atoms with Crippen LogP contribution in [-0.2, 0) is 4.74 Å². The van der Waals surface area contributed by atoms with Crippen molar-refractivity contribution >= 4 is 5.96 Å². The SMILES string of the molecule is CN=C(NCCCOCC(F)(F)F)NCC(C)C. The van der Waals surface area contributed by atoms with Gasteiger partial charge in [-0.2, -0.15) is 13.2 Å². The van der Waals surface area contributed by atoms with Gasteiger partial charge in [-0.05, 0) is 12.3 Å². The highest BCUT2D eigenvalue weighted by Gasteiger charge is 2.27. The van der Waals surface area contributed by atoms with Crippen LogP contribution < -0.4 is 10.6 Å². The quantitative estimate of drug-likeness (QED) is 0.421. The predicted molar refractivity (Wildman–Crippen MR) is 65.7 cm³/mol. The number of nitrogens with zero attached hydrogens (tertiary/aromatic N) is 1. The second-order valence-corrected chi connectivity index (χ2v) is 4.30. The Morgan fingerprint density at radius 2 is 1.94 bits per heavy atom. The fraction of sp³-hybridized carbons (Fsp3) is 0.909. The molecule has 0 rings (SSSR count). The number of rotatable bonds is 7. The molecule has 0 fully saturated rings. The first-order chi connectivity index (χ1) is 8.35. The summed E-state index contributed by atoms with van der Waals surface area (Å²) in [6.45, 7) is 4.36. The molecule has 0 aliphatic heterocycles. The van der Waals surface area contributed by atoms with Crippen molar-refractivity contribution in [3.05, 3.63) is 0 Å². The number of hydrogen-bond acceptors (Lipinski definition) is 2. The Morgan fingerprint density at radius 1 is 1.28 bits per heavy atom. The van der Waals surface area contributed by atoms with Gasteiger partial charge in [0, 0.05) is 26.7 Å². The van der Waals surface area contributed by atoms with Gasteiger partial charge in [0.25, 0.3) is 0 Å². The molecule has 4 nitrogen and oxygen atoms in total. The van der Waals surface area contributed by atoms with Crippen LogP contribution in [0.1, 0.15) is 20.3 Å². The average Bonchev–Trinajstić information content (AvgIpc) is 2.25. The first-order valence-corrected chi connectivity index (χ1v) is 5.94. The standard InChI is InChI=1S/C11H22F3N3O/c1-9(2)7-17-10(15-3)16-5-4-6-18-8-11(12,13)14/h9H,4-8H2,1-3H3,(H2,15,16,17). The van der Waals surface area contributed by atoms with Crippen molar-refractivity contribution in [3.8, 4) is 0 Å². The zero-order valence-corrected chi connectivity index (χ0v) is 11.1. The summed E-state index contributed by atoms with van der Waals surface area (Å²) >= 11 is 0. The van der Waals surface area contributed by atoms with Crippen LogP contribution in [0.25, 0.3) is 0 Å². The number of guanidine groups is 1. The highest BCUT2D eigenvalue weighted by atomic mass is 19.4. The van der Waals surface area contributed by atoms with E-state index in [0.29, 0.717) is 24.8 Å². The summed E-state index contributed by atoms with van der Waals surface area (Å²) in [6, 6.07) is 0. The van der Waals surface area contributed by atoms with Crippen LogP contribution in [0.5, 0.6) is 0 Å². The summed E-state index contributed by atoms with van der Waals surface area (Å²) in [7, 11) is 1.65. The molecule has 0 spiro atoms. The molecule has 0 heterocycles. The van der Waals surface area contributed by atoms with Crippen molar-refractivity contribution in [2.45, 2.75) is 26.4 Å². The summed E-state index contributed by atoms with van der Waals surface area (Å²) in [5.41, 5.74) is 0. The summed E-state index contributed by atoms with van der Waals surface area (Å²) < 4.78 is 39.7. The molecule has 0 aliphatic rings. The van der Waals surface area contributed by atoms with Gasteiger partial charge in [-0.3, -0.25) is 4.99 Å². The lowest BCUT2D eigenvalue weighted by Crippen LogP contribution is -2.39. The van der Waals surface area contributed by atoms with Crippen LogP contribution in [0.3, 0.4) is 0 Å². The molecule has 0 aromatic carbocycles. The average molecular weight is 269 g/mol. The van der Waals surface area contributed by atoms with Crippen LogP contribution in [0, 0.1) is 5.92 Å². The Kier molecular flexibility index (Phi) is 8.53. The van der Waals surface area contributed by atoms with Crippen molar-refractivity contribution in [1.29, 1.82) is 0 Å². The minimum absolute atomic E-state index is 0.0771. The van der Waals surface area contributed by atoms with Gasteiger partial charge in [0.1, 0.15) is 6.61 Å². The molecule has 18 heavy (non-hydrogen) atoms. The third kappa shape index (κ3) is 11.5. The van der Waals surface area contributed by atoms with Crippen molar-refractivity contribution in [3.63, 3.8) is 0 Å². The fourth-order valence-corrected chi connectivity index (χ4v) is 1.09. The van der Waals surface area contributed by atoms with Gasteiger partial charge in [0.05, 0.1) is 0 Å². The molecular formula is C11H22F3N3O. The van der Waals surface area contributed by atoms with Crippen LogP contribution in [0.2, 0.25) is 0 Å². The second-order valence-electron chi connectivity index (χ2n) is 4.30. The lowest BCUT2D eigenvalue weighted by molar-refractivity contribution is -0.173. The molecule has 0 unspecified atom stereocenters. The molecular weight excluding hydrogens is 247 g/mol. The van der Waals surface area contributed by atoms with Gasteiger partial charge in [-0.1, -0.05) is 13.8 Å². The fourth-order valence-electron chi connectivity index (χ4n) is 1.09. The summed E-state index contributed by atoms with van der Waals surface area (Å²) in [5.74, 6) is 1.15. The maximum Gasteiger partial charge on any atom is 0.411 e. The molecule has 108 valence electrons. The molecule has 0 amide bonds. The van der Waals surface area contributed by atoms with Gasteiger partial charge >= 0.3 is 6.18 Å². The van der Waals surface area contributed by atoms with E-state index in [2.05, 4.69) is 34.2 Å². The molecule has 7 heteroatoms. The van der Waals surface area contributed by atoms with E-state index in [4.69, 9.17) is 0 Å². The number of aliphatic imine (C=N–C) groups is 1. The van der Waals surface area contributed by atoms with E-state index in [1.54, 1.807) is 7.05 Å². The van der Waals surface area contributed by atoms with E-state index in [9.17, 15) is 13.2 Å². The van der Waals surface area contributed by atoms with Crippen LogP contribution in [0.4, 0.5) is 13.2 Å². The van der Waals surface area contributed by atoms with Gasteiger partial charge in [-0.25, -0.2) is 0 Å².